The average molecular weight is 356 g/mol. The van der Waals surface area contributed by atoms with Crippen LogP contribution in [0.3, 0.4) is 0 Å². The van der Waals surface area contributed by atoms with Crippen molar-refractivity contribution in [2.45, 2.75) is 65.4 Å². The number of likely N-dealkylation sites (tertiary alicyclic amines) is 1. The molecular weight excluding hydrogens is 324 g/mol. The van der Waals surface area contributed by atoms with Crippen molar-refractivity contribution in [2.24, 2.45) is 5.92 Å². The molecule has 1 aliphatic rings. The molecule has 0 unspecified atom stereocenters. The Morgan fingerprint density at radius 2 is 1.76 bits per heavy atom. The summed E-state index contributed by atoms with van der Waals surface area (Å²) in [5.74, 6) is -0.908. The van der Waals surface area contributed by atoms with Crippen LogP contribution in [0.15, 0.2) is 0 Å². The lowest BCUT2D eigenvalue weighted by molar-refractivity contribution is -0.154. The molecule has 1 saturated heterocycles. The molecule has 0 radical (unpaired) electrons. The lowest BCUT2D eigenvalue weighted by Crippen LogP contribution is -2.43. The molecule has 0 bridgehead atoms. The van der Waals surface area contributed by atoms with Crippen LogP contribution in [-0.2, 0) is 19.1 Å². The van der Waals surface area contributed by atoms with E-state index in [0.717, 1.165) is 19.3 Å². The van der Waals surface area contributed by atoms with E-state index in [0.29, 0.717) is 32.5 Å². The van der Waals surface area contributed by atoms with Crippen LogP contribution in [-0.4, -0.2) is 54.7 Å². The van der Waals surface area contributed by atoms with Crippen LogP contribution < -0.4 is 5.32 Å². The van der Waals surface area contributed by atoms with Gasteiger partial charge in [0.2, 0.25) is 0 Å². The Hall–Kier alpha value is -1.79. The Labute approximate surface area is 150 Å². The van der Waals surface area contributed by atoms with Gasteiger partial charge in [-0.05, 0) is 40.0 Å². The van der Waals surface area contributed by atoms with Crippen LogP contribution in [0.25, 0.3) is 0 Å². The molecule has 1 heterocycles. The fourth-order valence-corrected chi connectivity index (χ4v) is 2.53. The molecule has 1 N–H and O–H groups in total. The van der Waals surface area contributed by atoms with Gasteiger partial charge in [0.1, 0.15) is 5.60 Å². The van der Waals surface area contributed by atoms with Crippen molar-refractivity contribution in [3.05, 3.63) is 0 Å². The van der Waals surface area contributed by atoms with Gasteiger partial charge in [0.15, 0.2) is 6.61 Å². The van der Waals surface area contributed by atoms with Crippen molar-refractivity contribution in [1.29, 1.82) is 0 Å². The third kappa shape index (κ3) is 8.74. The standard InChI is InChI=1S/C18H32N2O5/c1-5-6-7-10-19-15(21)13-24-16(22)14-8-11-20(12-9-14)17(23)25-18(2,3)4/h14H,5-13H2,1-4H3,(H,19,21). The fourth-order valence-electron chi connectivity index (χ4n) is 2.53. The minimum Gasteiger partial charge on any atom is -0.455 e. The molecule has 0 aromatic carbocycles. The van der Waals surface area contributed by atoms with Gasteiger partial charge < -0.3 is 19.7 Å². The second kappa shape index (κ2) is 10.3. The van der Waals surface area contributed by atoms with Crippen molar-refractivity contribution in [1.82, 2.24) is 10.2 Å². The highest BCUT2D eigenvalue weighted by Crippen LogP contribution is 2.20. The lowest BCUT2D eigenvalue weighted by atomic mass is 9.97. The fraction of sp³-hybridized carbons (Fsp3) is 0.833. The highest BCUT2D eigenvalue weighted by molar-refractivity contribution is 5.81. The number of carbonyl (C=O) groups excluding carboxylic acids is 3. The van der Waals surface area contributed by atoms with Gasteiger partial charge in [-0.2, -0.15) is 0 Å². The summed E-state index contributed by atoms with van der Waals surface area (Å²) in [6, 6.07) is 0. The van der Waals surface area contributed by atoms with Gasteiger partial charge in [-0.3, -0.25) is 9.59 Å². The van der Waals surface area contributed by atoms with Crippen molar-refractivity contribution < 1.29 is 23.9 Å². The average Bonchev–Trinajstić information content (AvgIpc) is 2.55. The Balaban J connectivity index is 2.24. The molecule has 0 atom stereocenters. The molecule has 0 spiro atoms. The van der Waals surface area contributed by atoms with Gasteiger partial charge in [0.05, 0.1) is 5.92 Å². The Morgan fingerprint density at radius 1 is 1.12 bits per heavy atom. The first-order valence-corrected chi connectivity index (χ1v) is 9.14. The highest BCUT2D eigenvalue weighted by atomic mass is 16.6. The van der Waals surface area contributed by atoms with Crippen LogP contribution >= 0.6 is 0 Å². The van der Waals surface area contributed by atoms with E-state index < -0.39 is 5.60 Å². The number of nitrogens with one attached hydrogen (secondary N) is 1. The monoisotopic (exact) mass is 356 g/mol. The molecule has 0 aliphatic carbocycles. The molecule has 25 heavy (non-hydrogen) atoms. The number of esters is 1. The number of rotatable bonds is 7. The van der Waals surface area contributed by atoms with Crippen LogP contribution in [0.2, 0.25) is 0 Å². The summed E-state index contributed by atoms with van der Waals surface area (Å²) in [5, 5.41) is 2.73. The van der Waals surface area contributed by atoms with Crippen molar-refractivity contribution in [2.75, 3.05) is 26.2 Å². The molecule has 1 aliphatic heterocycles. The van der Waals surface area contributed by atoms with Crippen molar-refractivity contribution >= 4 is 18.0 Å². The molecule has 0 aromatic rings. The first kappa shape index (κ1) is 21.3. The predicted octanol–water partition coefficient (Wildman–Crippen LogP) is 2.48. The Morgan fingerprint density at radius 3 is 2.32 bits per heavy atom. The maximum Gasteiger partial charge on any atom is 0.410 e. The highest BCUT2D eigenvalue weighted by Gasteiger charge is 2.30. The van der Waals surface area contributed by atoms with E-state index >= 15 is 0 Å². The Kier molecular flexibility index (Phi) is 8.72. The van der Waals surface area contributed by atoms with Gasteiger partial charge in [-0.25, -0.2) is 4.79 Å². The van der Waals surface area contributed by atoms with Crippen LogP contribution in [0, 0.1) is 5.92 Å². The summed E-state index contributed by atoms with van der Waals surface area (Å²) < 4.78 is 10.4. The first-order chi connectivity index (χ1) is 11.7. The number of hydrogen-bond acceptors (Lipinski definition) is 5. The van der Waals surface area contributed by atoms with Gasteiger partial charge in [0.25, 0.3) is 5.91 Å². The summed E-state index contributed by atoms with van der Waals surface area (Å²) in [7, 11) is 0. The van der Waals surface area contributed by atoms with Crippen LogP contribution in [0.1, 0.15) is 59.8 Å². The zero-order valence-electron chi connectivity index (χ0n) is 15.9. The minimum atomic E-state index is -0.530. The molecule has 144 valence electrons. The molecule has 1 fully saturated rings. The second-order valence-electron chi connectivity index (χ2n) is 7.41. The van der Waals surface area contributed by atoms with Gasteiger partial charge in [0, 0.05) is 19.6 Å². The number of amides is 2. The first-order valence-electron chi connectivity index (χ1n) is 9.14. The minimum absolute atomic E-state index is 0.239. The van der Waals surface area contributed by atoms with Crippen molar-refractivity contribution in [3.63, 3.8) is 0 Å². The SMILES string of the molecule is CCCCCNC(=O)COC(=O)C1CCN(C(=O)OC(C)(C)C)CC1. The molecule has 1 rings (SSSR count). The molecule has 2 amide bonds. The predicted molar refractivity (Wildman–Crippen MR) is 94.0 cm³/mol. The number of carbonyl (C=O) groups is 3. The molecule has 7 heteroatoms. The van der Waals surface area contributed by atoms with E-state index in [4.69, 9.17) is 9.47 Å². The summed E-state index contributed by atoms with van der Waals surface area (Å²) in [6.07, 6.45) is 3.78. The summed E-state index contributed by atoms with van der Waals surface area (Å²) in [4.78, 5) is 37.3. The largest absolute Gasteiger partial charge is 0.455 e. The van der Waals surface area contributed by atoms with Crippen molar-refractivity contribution in [3.8, 4) is 0 Å². The van der Waals surface area contributed by atoms with Gasteiger partial charge >= 0.3 is 12.1 Å². The van der Waals surface area contributed by atoms with Gasteiger partial charge in [-0.15, -0.1) is 0 Å². The van der Waals surface area contributed by atoms with Crippen LogP contribution in [0.4, 0.5) is 4.79 Å². The van der Waals surface area contributed by atoms with E-state index in [9.17, 15) is 14.4 Å². The van der Waals surface area contributed by atoms with E-state index in [-0.39, 0.29) is 30.5 Å². The number of ether oxygens (including phenoxy) is 2. The van der Waals surface area contributed by atoms with E-state index in [2.05, 4.69) is 12.2 Å². The quantitative estimate of drug-likeness (QED) is 0.559. The zero-order valence-corrected chi connectivity index (χ0v) is 15.9. The summed E-state index contributed by atoms with van der Waals surface area (Å²) in [6.45, 7) is 8.84. The van der Waals surface area contributed by atoms with E-state index in [1.807, 2.05) is 20.8 Å². The number of nitrogens with zero attached hydrogens (tertiary/aromatic N) is 1. The zero-order chi connectivity index (χ0) is 18.9. The number of piperidine rings is 1. The molecular formula is C18H32N2O5. The second-order valence-corrected chi connectivity index (χ2v) is 7.41. The third-order valence-corrected chi connectivity index (χ3v) is 3.93. The molecule has 7 nitrogen and oxygen atoms in total. The Bertz CT molecular complexity index is 451. The third-order valence-electron chi connectivity index (χ3n) is 3.93. The van der Waals surface area contributed by atoms with E-state index in [1.54, 1.807) is 4.90 Å². The lowest BCUT2D eigenvalue weighted by Gasteiger charge is -2.32. The molecule has 0 saturated carbocycles. The number of unbranched alkanes of at least 4 members (excludes halogenated alkanes) is 2. The normalized spacial score (nSPS) is 15.6. The van der Waals surface area contributed by atoms with E-state index in [1.165, 1.54) is 0 Å². The summed E-state index contributed by atoms with van der Waals surface area (Å²) >= 11 is 0. The van der Waals surface area contributed by atoms with Crippen LogP contribution in [0.5, 0.6) is 0 Å². The topological polar surface area (TPSA) is 84.9 Å². The number of hydrogen-bond donors (Lipinski definition) is 1. The van der Waals surface area contributed by atoms with Gasteiger partial charge in [-0.1, -0.05) is 19.8 Å². The molecule has 0 aromatic heterocycles. The maximum absolute atomic E-state index is 12.0. The maximum atomic E-state index is 12.0. The smallest absolute Gasteiger partial charge is 0.410 e. The summed E-state index contributed by atoms with van der Waals surface area (Å²) in [5.41, 5.74) is -0.530.